The van der Waals surface area contributed by atoms with Crippen LogP contribution in [0.25, 0.3) is 0 Å². The summed E-state index contributed by atoms with van der Waals surface area (Å²) in [5, 5.41) is 9.33. The Kier molecular flexibility index (Phi) is 6.42. The fourth-order valence-electron chi connectivity index (χ4n) is 2.68. The Hall–Kier alpha value is -1.17. The third kappa shape index (κ3) is 4.95. The molecule has 4 nitrogen and oxygen atoms in total. The van der Waals surface area contributed by atoms with Crippen LogP contribution in [0, 0.1) is 5.82 Å². The SMILES string of the molecule is CCC(CO)N1CCN(CCOc2ccc(F)cc2)CC1. The third-order valence-corrected chi connectivity index (χ3v) is 4.10. The van der Waals surface area contributed by atoms with E-state index in [2.05, 4.69) is 16.7 Å². The van der Waals surface area contributed by atoms with Gasteiger partial charge in [-0.05, 0) is 30.7 Å². The number of halogens is 1. The molecular weight excluding hydrogens is 271 g/mol. The Morgan fingerprint density at radius 1 is 1.19 bits per heavy atom. The summed E-state index contributed by atoms with van der Waals surface area (Å²) in [7, 11) is 0. The first-order chi connectivity index (χ1) is 10.2. The van der Waals surface area contributed by atoms with E-state index in [1.54, 1.807) is 12.1 Å². The van der Waals surface area contributed by atoms with Crippen LogP contribution in [0.5, 0.6) is 5.75 Å². The van der Waals surface area contributed by atoms with Crippen LogP contribution in [0.15, 0.2) is 24.3 Å². The molecule has 1 aliphatic heterocycles. The summed E-state index contributed by atoms with van der Waals surface area (Å²) in [6.45, 7) is 7.84. The van der Waals surface area contributed by atoms with Crippen molar-refractivity contribution in [3.8, 4) is 5.75 Å². The van der Waals surface area contributed by atoms with Gasteiger partial charge >= 0.3 is 0 Å². The summed E-state index contributed by atoms with van der Waals surface area (Å²) in [4.78, 5) is 4.72. The van der Waals surface area contributed by atoms with Crippen molar-refractivity contribution in [3.05, 3.63) is 30.1 Å². The van der Waals surface area contributed by atoms with E-state index in [4.69, 9.17) is 4.74 Å². The lowest BCUT2D eigenvalue weighted by molar-refractivity contribution is 0.0584. The van der Waals surface area contributed by atoms with Crippen molar-refractivity contribution < 1.29 is 14.2 Å². The maximum Gasteiger partial charge on any atom is 0.123 e. The van der Waals surface area contributed by atoms with Gasteiger partial charge in [0.05, 0.1) is 6.61 Å². The second-order valence-electron chi connectivity index (χ2n) is 5.42. The highest BCUT2D eigenvalue weighted by Crippen LogP contribution is 2.12. The molecule has 1 unspecified atom stereocenters. The second kappa shape index (κ2) is 8.32. The molecule has 0 aliphatic carbocycles. The molecule has 21 heavy (non-hydrogen) atoms. The summed E-state index contributed by atoms with van der Waals surface area (Å²) in [5.41, 5.74) is 0. The Balaban J connectivity index is 1.66. The van der Waals surface area contributed by atoms with Gasteiger partial charge in [0.25, 0.3) is 0 Å². The molecule has 1 heterocycles. The Morgan fingerprint density at radius 2 is 1.86 bits per heavy atom. The lowest BCUT2D eigenvalue weighted by Gasteiger charge is -2.38. The van der Waals surface area contributed by atoms with Crippen LogP contribution in [-0.4, -0.2) is 66.9 Å². The number of aliphatic hydroxyl groups is 1. The van der Waals surface area contributed by atoms with Crippen LogP contribution in [0.3, 0.4) is 0 Å². The van der Waals surface area contributed by atoms with E-state index in [-0.39, 0.29) is 12.4 Å². The highest BCUT2D eigenvalue weighted by Gasteiger charge is 2.21. The molecule has 1 atom stereocenters. The molecule has 0 aromatic heterocycles. The standard InChI is InChI=1S/C16H25FN2O2/c1-2-15(13-20)19-9-7-18(8-10-19)11-12-21-16-5-3-14(17)4-6-16/h3-6,15,20H,2,7-13H2,1H3. The van der Waals surface area contributed by atoms with E-state index in [1.807, 2.05) is 0 Å². The molecule has 5 heteroatoms. The molecule has 0 saturated carbocycles. The predicted octanol–water partition coefficient (Wildman–Crippen LogP) is 1.59. The molecule has 1 aromatic rings. The fourth-order valence-corrected chi connectivity index (χ4v) is 2.68. The first-order valence-electron chi connectivity index (χ1n) is 7.68. The number of aliphatic hydroxyl groups excluding tert-OH is 1. The van der Waals surface area contributed by atoms with Crippen molar-refractivity contribution in [2.45, 2.75) is 19.4 Å². The number of rotatable bonds is 7. The maximum atomic E-state index is 12.8. The zero-order chi connectivity index (χ0) is 15.1. The van der Waals surface area contributed by atoms with Crippen LogP contribution >= 0.6 is 0 Å². The predicted molar refractivity (Wildman–Crippen MR) is 81.1 cm³/mol. The molecular formula is C16H25FN2O2. The van der Waals surface area contributed by atoms with Crippen molar-refractivity contribution in [3.63, 3.8) is 0 Å². The summed E-state index contributed by atoms with van der Waals surface area (Å²) >= 11 is 0. The number of ether oxygens (including phenoxy) is 1. The van der Waals surface area contributed by atoms with E-state index in [1.165, 1.54) is 12.1 Å². The maximum absolute atomic E-state index is 12.8. The zero-order valence-electron chi connectivity index (χ0n) is 12.7. The van der Waals surface area contributed by atoms with E-state index in [0.717, 1.165) is 39.1 Å². The van der Waals surface area contributed by atoms with Gasteiger partial charge in [0, 0.05) is 38.8 Å². The number of nitrogens with zero attached hydrogens (tertiary/aromatic N) is 2. The molecule has 0 spiro atoms. The van der Waals surface area contributed by atoms with Gasteiger partial charge in [-0.3, -0.25) is 9.80 Å². The molecule has 1 fully saturated rings. The molecule has 0 amide bonds. The van der Waals surface area contributed by atoms with Crippen LogP contribution in [-0.2, 0) is 0 Å². The molecule has 1 aromatic carbocycles. The van der Waals surface area contributed by atoms with Gasteiger partial charge in [0.15, 0.2) is 0 Å². The summed E-state index contributed by atoms with van der Waals surface area (Å²) < 4.78 is 18.4. The Bertz CT molecular complexity index is 401. The Morgan fingerprint density at radius 3 is 2.43 bits per heavy atom. The average Bonchev–Trinajstić information content (AvgIpc) is 2.52. The lowest BCUT2D eigenvalue weighted by Crippen LogP contribution is -2.51. The van der Waals surface area contributed by atoms with Crippen molar-refractivity contribution in [2.75, 3.05) is 45.9 Å². The minimum Gasteiger partial charge on any atom is -0.492 e. The average molecular weight is 296 g/mol. The number of hydrogen-bond acceptors (Lipinski definition) is 4. The molecule has 2 rings (SSSR count). The molecule has 0 radical (unpaired) electrons. The van der Waals surface area contributed by atoms with Crippen LogP contribution in [0.1, 0.15) is 13.3 Å². The van der Waals surface area contributed by atoms with E-state index in [0.29, 0.717) is 18.4 Å². The van der Waals surface area contributed by atoms with E-state index in [9.17, 15) is 9.50 Å². The second-order valence-corrected chi connectivity index (χ2v) is 5.42. The van der Waals surface area contributed by atoms with E-state index >= 15 is 0 Å². The largest absolute Gasteiger partial charge is 0.492 e. The quantitative estimate of drug-likeness (QED) is 0.829. The first kappa shape index (κ1) is 16.2. The minimum atomic E-state index is -0.243. The first-order valence-corrected chi connectivity index (χ1v) is 7.68. The number of piperazine rings is 1. The molecule has 1 N–H and O–H groups in total. The lowest BCUT2D eigenvalue weighted by atomic mass is 10.1. The highest BCUT2D eigenvalue weighted by atomic mass is 19.1. The summed E-state index contributed by atoms with van der Waals surface area (Å²) in [6.07, 6.45) is 0.990. The molecule has 1 saturated heterocycles. The van der Waals surface area contributed by atoms with Crippen molar-refractivity contribution in [1.29, 1.82) is 0 Å². The van der Waals surface area contributed by atoms with Gasteiger partial charge in [-0.2, -0.15) is 0 Å². The fraction of sp³-hybridized carbons (Fsp3) is 0.625. The topological polar surface area (TPSA) is 35.9 Å². The van der Waals surface area contributed by atoms with Crippen molar-refractivity contribution >= 4 is 0 Å². The van der Waals surface area contributed by atoms with Gasteiger partial charge in [-0.25, -0.2) is 4.39 Å². The van der Waals surface area contributed by atoms with Gasteiger partial charge in [-0.1, -0.05) is 6.92 Å². The van der Waals surface area contributed by atoms with Crippen molar-refractivity contribution in [1.82, 2.24) is 9.80 Å². The van der Waals surface area contributed by atoms with Gasteiger partial charge in [-0.15, -0.1) is 0 Å². The van der Waals surface area contributed by atoms with Gasteiger partial charge in [0.1, 0.15) is 18.2 Å². The number of hydrogen-bond donors (Lipinski definition) is 1. The highest BCUT2D eigenvalue weighted by molar-refractivity contribution is 5.21. The van der Waals surface area contributed by atoms with Crippen molar-refractivity contribution in [2.24, 2.45) is 0 Å². The molecule has 0 bridgehead atoms. The summed E-state index contributed by atoms with van der Waals surface area (Å²) in [5.74, 6) is 0.467. The zero-order valence-corrected chi connectivity index (χ0v) is 12.7. The number of benzene rings is 1. The normalized spacial score (nSPS) is 18.6. The smallest absolute Gasteiger partial charge is 0.123 e. The summed E-state index contributed by atoms with van der Waals surface area (Å²) in [6, 6.07) is 6.42. The van der Waals surface area contributed by atoms with Gasteiger partial charge in [0.2, 0.25) is 0 Å². The van der Waals surface area contributed by atoms with E-state index < -0.39 is 0 Å². The van der Waals surface area contributed by atoms with Crippen LogP contribution in [0.2, 0.25) is 0 Å². The van der Waals surface area contributed by atoms with Crippen LogP contribution < -0.4 is 4.74 Å². The third-order valence-electron chi connectivity index (χ3n) is 4.10. The molecule has 118 valence electrons. The minimum absolute atomic E-state index is 0.240. The molecule has 1 aliphatic rings. The van der Waals surface area contributed by atoms with Gasteiger partial charge < -0.3 is 9.84 Å². The Labute approximate surface area is 126 Å². The van der Waals surface area contributed by atoms with Crippen LogP contribution in [0.4, 0.5) is 4.39 Å². The monoisotopic (exact) mass is 296 g/mol.